The van der Waals surface area contributed by atoms with E-state index in [1.165, 1.54) is 0 Å². The maximum Gasteiger partial charge on any atom is 0.236 e. The lowest BCUT2D eigenvalue weighted by atomic mass is 10.3. The van der Waals surface area contributed by atoms with Crippen LogP contribution in [-0.4, -0.2) is 26.9 Å². The summed E-state index contributed by atoms with van der Waals surface area (Å²) >= 11 is 0. The highest BCUT2D eigenvalue weighted by Crippen LogP contribution is 2.09. The Morgan fingerprint density at radius 1 is 1.47 bits per heavy atom. The number of hydrogen-bond acceptors (Lipinski definition) is 4. The van der Waals surface area contributed by atoms with Gasteiger partial charge in [0.25, 0.3) is 0 Å². The number of nitrogens with two attached hydrogens (primary N) is 2. The van der Waals surface area contributed by atoms with Crippen molar-refractivity contribution in [3.8, 4) is 0 Å². The Balaban J connectivity index is 2.32. The molecule has 0 bridgehead atoms. The minimum atomic E-state index is -0.741. The molecule has 6 nitrogen and oxygen atoms in total. The molecular formula is C9H11N5O. The van der Waals surface area contributed by atoms with E-state index in [1.807, 2.05) is 24.3 Å². The molecule has 1 heterocycles. The maximum atomic E-state index is 10.8. The summed E-state index contributed by atoms with van der Waals surface area (Å²) in [5.41, 5.74) is 12.2. The van der Waals surface area contributed by atoms with Crippen molar-refractivity contribution in [1.29, 1.82) is 0 Å². The van der Waals surface area contributed by atoms with Crippen molar-refractivity contribution >= 4 is 16.9 Å². The summed E-state index contributed by atoms with van der Waals surface area (Å²) in [7, 11) is 0. The maximum absolute atomic E-state index is 10.8. The molecule has 0 aliphatic rings. The molecule has 1 aromatic carbocycles. The van der Waals surface area contributed by atoms with Crippen LogP contribution in [0.4, 0.5) is 0 Å². The summed E-state index contributed by atoms with van der Waals surface area (Å²) in [6, 6.07) is 6.71. The molecule has 0 aliphatic carbocycles. The second kappa shape index (κ2) is 3.66. The van der Waals surface area contributed by atoms with Crippen molar-refractivity contribution in [3.05, 3.63) is 24.3 Å². The Kier molecular flexibility index (Phi) is 2.34. The second-order valence-corrected chi connectivity index (χ2v) is 3.27. The number of benzene rings is 1. The first-order valence-electron chi connectivity index (χ1n) is 4.51. The van der Waals surface area contributed by atoms with Crippen molar-refractivity contribution < 1.29 is 4.79 Å². The minimum Gasteiger partial charge on any atom is -0.368 e. The molecule has 0 aliphatic heterocycles. The number of primary amides is 1. The Labute approximate surface area is 85.8 Å². The van der Waals surface area contributed by atoms with Crippen LogP contribution in [0.25, 0.3) is 11.0 Å². The summed E-state index contributed by atoms with van der Waals surface area (Å²) in [4.78, 5) is 10.8. The lowest BCUT2D eigenvalue weighted by molar-refractivity contribution is -0.119. The first-order valence-corrected chi connectivity index (χ1v) is 4.51. The van der Waals surface area contributed by atoms with Gasteiger partial charge in [-0.05, 0) is 12.1 Å². The molecule has 6 heteroatoms. The number of amides is 1. The van der Waals surface area contributed by atoms with Crippen LogP contribution in [0, 0.1) is 0 Å². The second-order valence-electron chi connectivity index (χ2n) is 3.27. The summed E-state index contributed by atoms with van der Waals surface area (Å²) in [5.74, 6) is -0.547. The van der Waals surface area contributed by atoms with E-state index >= 15 is 0 Å². The average molecular weight is 205 g/mol. The molecule has 2 aromatic rings. The van der Waals surface area contributed by atoms with E-state index in [0.717, 1.165) is 11.0 Å². The van der Waals surface area contributed by atoms with Crippen LogP contribution in [0.3, 0.4) is 0 Å². The first kappa shape index (κ1) is 9.60. The molecule has 1 amide bonds. The zero-order valence-corrected chi connectivity index (χ0v) is 8.00. The third kappa shape index (κ3) is 1.79. The Morgan fingerprint density at radius 2 is 2.20 bits per heavy atom. The highest BCUT2D eigenvalue weighted by molar-refractivity contribution is 5.80. The molecule has 0 radical (unpaired) electrons. The van der Waals surface area contributed by atoms with Crippen LogP contribution in [0.2, 0.25) is 0 Å². The van der Waals surface area contributed by atoms with Gasteiger partial charge in [0.1, 0.15) is 11.6 Å². The van der Waals surface area contributed by atoms with E-state index in [9.17, 15) is 4.79 Å². The van der Waals surface area contributed by atoms with Gasteiger partial charge in [0, 0.05) is 0 Å². The number of fused-ring (bicyclic) bond motifs is 1. The van der Waals surface area contributed by atoms with Gasteiger partial charge in [0.15, 0.2) is 0 Å². The fraction of sp³-hybridized carbons (Fsp3) is 0.222. The number of para-hydroxylation sites is 1. The summed E-state index contributed by atoms with van der Waals surface area (Å²) in [5, 5.41) is 7.83. The monoisotopic (exact) mass is 205 g/mol. The summed E-state index contributed by atoms with van der Waals surface area (Å²) in [6.07, 6.45) is 0. The highest BCUT2D eigenvalue weighted by atomic mass is 16.1. The highest BCUT2D eigenvalue weighted by Gasteiger charge is 2.12. The van der Waals surface area contributed by atoms with Crippen molar-refractivity contribution in [3.63, 3.8) is 0 Å². The third-order valence-corrected chi connectivity index (χ3v) is 2.16. The largest absolute Gasteiger partial charge is 0.368 e. The fourth-order valence-electron chi connectivity index (χ4n) is 1.33. The SMILES string of the molecule is NC(=O)C(N)Cn1nnc2ccccc21. The molecule has 0 saturated carbocycles. The zero-order valence-electron chi connectivity index (χ0n) is 8.00. The quantitative estimate of drug-likeness (QED) is 0.688. The average Bonchev–Trinajstić information content (AvgIpc) is 2.62. The molecule has 15 heavy (non-hydrogen) atoms. The number of carbonyl (C=O) groups excluding carboxylic acids is 1. The molecule has 1 unspecified atom stereocenters. The van der Waals surface area contributed by atoms with Gasteiger partial charge >= 0.3 is 0 Å². The van der Waals surface area contributed by atoms with Crippen LogP contribution < -0.4 is 11.5 Å². The molecule has 0 spiro atoms. The van der Waals surface area contributed by atoms with Crippen molar-refractivity contribution in [1.82, 2.24) is 15.0 Å². The third-order valence-electron chi connectivity index (χ3n) is 2.16. The van der Waals surface area contributed by atoms with E-state index in [2.05, 4.69) is 10.3 Å². The molecule has 0 saturated heterocycles. The van der Waals surface area contributed by atoms with Gasteiger partial charge < -0.3 is 11.5 Å². The molecule has 1 aromatic heterocycles. The summed E-state index contributed by atoms with van der Waals surface area (Å²) < 4.78 is 1.57. The predicted octanol–water partition coefficient (Wildman–Crippen LogP) is -0.756. The molecule has 4 N–H and O–H groups in total. The van der Waals surface area contributed by atoms with E-state index in [4.69, 9.17) is 11.5 Å². The number of rotatable bonds is 3. The molecule has 1 atom stereocenters. The van der Waals surface area contributed by atoms with Gasteiger partial charge in [-0.15, -0.1) is 5.10 Å². The van der Waals surface area contributed by atoms with Gasteiger partial charge in [-0.25, -0.2) is 4.68 Å². The van der Waals surface area contributed by atoms with Crippen molar-refractivity contribution in [2.24, 2.45) is 11.5 Å². The number of hydrogen-bond donors (Lipinski definition) is 2. The molecular weight excluding hydrogens is 194 g/mol. The lowest BCUT2D eigenvalue weighted by Crippen LogP contribution is -2.40. The summed E-state index contributed by atoms with van der Waals surface area (Å²) in [6.45, 7) is 0.246. The van der Waals surface area contributed by atoms with Crippen LogP contribution in [0.5, 0.6) is 0 Å². The van der Waals surface area contributed by atoms with Crippen LogP contribution >= 0.6 is 0 Å². The first-order chi connectivity index (χ1) is 7.18. The molecule has 2 rings (SSSR count). The van der Waals surface area contributed by atoms with Crippen molar-refractivity contribution in [2.45, 2.75) is 12.6 Å². The van der Waals surface area contributed by atoms with Gasteiger partial charge in [-0.3, -0.25) is 4.79 Å². The van der Waals surface area contributed by atoms with Crippen LogP contribution in [0.15, 0.2) is 24.3 Å². The molecule has 78 valence electrons. The van der Waals surface area contributed by atoms with E-state index in [0.29, 0.717) is 0 Å². The molecule has 0 fully saturated rings. The van der Waals surface area contributed by atoms with Gasteiger partial charge in [0.2, 0.25) is 5.91 Å². The standard InChI is InChI=1S/C9H11N5O/c10-6(9(11)15)5-14-8-4-2-1-3-7(8)12-13-14/h1-4,6H,5,10H2,(H2,11,15). The van der Waals surface area contributed by atoms with E-state index < -0.39 is 11.9 Å². The zero-order chi connectivity index (χ0) is 10.8. The fourth-order valence-corrected chi connectivity index (χ4v) is 1.33. The van der Waals surface area contributed by atoms with Crippen LogP contribution in [0.1, 0.15) is 0 Å². The Hall–Kier alpha value is -1.95. The number of aromatic nitrogens is 3. The topological polar surface area (TPSA) is 99.8 Å². The Morgan fingerprint density at radius 3 is 2.93 bits per heavy atom. The lowest BCUT2D eigenvalue weighted by Gasteiger charge is -2.06. The van der Waals surface area contributed by atoms with E-state index in [1.54, 1.807) is 4.68 Å². The number of carbonyl (C=O) groups is 1. The van der Waals surface area contributed by atoms with Crippen LogP contribution in [-0.2, 0) is 11.3 Å². The van der Waals surface area contributed by atoms with Gasteiger partial charge in [0.05, 0.1) is 12.1 Å². The van der Waals surface area contributed by atoms with E-state index in [-0.39, 0.29) is 6.54 Å². The minimum absolute atomic E-state index is 0.246. The van der Waals surface area contributed by atoms with Gasteiger partial charge in [-0.2, -0.15) is 0 Å². The predicted molar refractivity (Wildman–Crippen MR) is 54.7 cm³/mol. The normalized spacial score (nSPS) is 12.9. The Bertz CT molecular complexity index is 492. The number of nitrogens with zero attached hydrogens (tertiary/aromatic N) is 3. The van der Waals surface area contributed by atoms with Gasteiger partial charge in [-0.1, -0.05) is 17.3 Å². The van der Waals surface area contributed by atoms with Crippen molar-refractivity contribution in [2.75, 3.05) is 0 Å². The smallest absolute Gasteiger partial charge is 0.236 e.